The molecule has 1 saturated heterocycles. The van der Waals surface area contributed by atoms with E-state index in [1.807, 2.05) is 13.0 Å². The van der Waals surface area contributed by atoms with Crippen molar-refractivity contribution in [2.75, 3.05) is 60.7 Å². The second-order valence-corrected chi connectivity index (χ2v) is 7.10. The van der Waals surface area contributed by atoms with Crippen LogP contribution in [0.15, 0.2) is 23.2 Å². The number of aliphatic imine (C=N–C) groups is 1. The maximum Gasteiger partial charge on any atom is 0.191 e. The molecule has 0 aromatic heterocycles. The second kappa shape index (κ2) is 14.7. The first-order valence-corrected chi connectivity index (χ1v) is 10.3. The summed E-state index contributed by atoms with van der Waals surface area (Å²) >= 11 is 0. The van der Waals surface area contributed by atoms with Gasteiger partial charge in [-0.15, -0.1) is 24.0 Å². The van der Waals surface area contributed by atoms with Crippen LogP contribution in [0.5, 0.6) is 11.5 Å². The topological polar surface area (TPSA) is 87.6 Å². The average molecular weight is 536 g/mol. The van der Waals surface area contributed by atoms with E-state index < -0.39 is 6.10 Å². The molecule has 1 heterocycles. The number of rotatable bonds is 10. The van der Waals surface area contributed by atoms with E-state index in [-0.39, 0.29) is 30.5 Å². The van der Waals surface area contributed by atoms with Crippen molar-refractivity contribution >= 4 is 29.9 Å². The minimum absolute atomic E-state index is 0. The Labute approximate surface area is 197 Å². The van der Waals surface area contributed by atoms with Gasteiger partial charge >= 0.3 is 0 Å². The maximum absolute atomic E-state index is 10.7. The van der Waals surface area contributed by atoms with E-state index in [4.69, 9.17) is 14.2 Å². The number of guanidine groups is 1. The Morgan fingerprint density at radius 2 is 1.97 bits per heavy atom. The highest BCUT2D eigenvalue weighted by Gasteiger charge is 2.20. The molecular weight excluding hydrogens is 499 g/mol. The van der Waals surface area contributed by atoms with E-state index in [0.29, 0.717) is 23.1 Å². The molecule has 1 aromatic rings. The van der Waals surface area contributed by atoms with Crippen molar-refractivity contribution in [2.45, 2.75) is 31.9 Å². The summed E-state index contributed by atoms with van der Waals surface area (Å²) in [6, 6.07) is 5.76. The first-order valence-electron chi connectivity index (χ1n) is 10.3. The van der Waals surface area contributed by atoms with Crippen molar-refractivity contribution in [3.05, 3.63) is 23.8 Å². The molecule has 1 aromatic carbocycles. The average Bonchev–Trinajstić information content (AvgIpc) is 2.76. The smallest absolute Gasteiger partial charge is 0.191 e. The largest absolute Gasteiger partial charge is 0.497 e. The molecular formula is C21H37IN4O4. The minimum Gasteiger partial charge on any atom is -0.497 e. The molecule has 2 rings (SSSR count). The van der Waals surface area contributed by atoms with Gasteiger partial charge in [-0.25, -0.2) is 0 Å². The number of methoxy groups -OCH3 is 3. The molecule has 0 aliphatic carbocycles. The molecule has 1 aliphatic rings. The summed E-state index contributed by atoms with van der Waals surface area (Å²) in [4.78, 5) is 7.02. The van der Waals surface area contributed by atoms with Crippen molar-refractivity contribution in [2.24, 2.45) is 4.99 Å². The summed E-state index contributed by atoms with van der Waals surface area (Å²) in [5.41, 5.74) is 0.665. The minimum atomic E-state index is -0.786. The van der Waals surface area contributed by atoms with Crippen LogP contribution in [0.4, 0.5) is 0 Å². The van der Waals surface area contributed by atoms with Gasteiger partial charge in [-0.1, -0.05) is 0 Å². The lowest BCUT2D eigenvalue weighted by molar-refractivity contribution is 0.128. The molecule has 0 spiro atoms. The van der Waals surface area contributed by atoms with Crippen molar-refractivity contribution in [3.63, 3.8) is 0 Å². The fraction of sp³-hybridized carbons (Fsp3) is 0.667. The van der Waals surface area contributed by atoms with Gasteiger partial charge in [0.05, 0.1) is 27.4 Å². The van der Waals surface area contributed by atoms with Crippen molar-refractivity contribution in [1.82, 2.24) is 15.5 Å². The van der Waals surface area contributed by atoms with E-state index in [2.05, 4.69) is 20.5 Å². The van der Waals surface area contributed by atoms with E-state index in [1.165, 1.54) is 0 Å². The summed E-state index contributed by atoms with van der Waals surface area (Å²) < 4.78 is 15.8. The number of likely N-dealkylation sites (tertiary alicyclic amines) is 1. The second-order valence-electron chi connectivity index (χ2n) is 7.10. The normalized spacial score (nSPS) is 16.5. The van der Waals surface area contributed by atoms with Crippen LogP contribution in [-0.4, -0.2) is 82.7 Å². The first kappa shape index (κ1) is 26.7. The lowest BCUT2D eigenvalue weighted by Crippen LogP contribution is -2.49. The fourth-order valence-electron chi connectivity index (χ4n) is 3.41. The zero-order valence-corrected chi connectivity index (χ0v) is 20.8. The third-order valence-electron chi connectivity index (χ3n) is 5.10. The van der Waals surface area contributed by atoms with E-state index in [1.54, 1.807) is 33.5 Å². The van der Waals surface area contributed by atoms with Gasteiger partial charge in [0.15, 0.2) is 5.96 Å². The van der Waals surface area contributed by atoms with E-state index in [0.717, 1.165) is 51.6 Å². The number of hydrogen-bond donors (Lipinski definition) is 3. The lowest BCUT2D eigenvalue weighted by Gasteiger charge is -2.32. The number of halogens is 1. The monoisotopic (exact) mass is 536 g/mol. The van der Waals surface area contributed by atoms with Gasteiger partial charge in [0.25, 0.3) is 0 Å². The molecule has 0 radical (unpaired) electrons. The summed E-state index contributed by atoms with van der Waals surface area (Å²) in [6.45, 7) is 6.86. The van der Waals surface area contributed by atoms with Gasteiger partial charge in [-0.2, -0.15) is 0 Å². The van der Waals surface area contributed by atoms with Crippen LogP contribution in [0, 0.1) is 0 Å². The Hall–Kier alpha value is -1.30. The van der Waals surface area contributed by atoms with Crippen LogP contribution in [-0.2, 0) is 4.74 Å². The van der Waals surface area contributed by atoms with Gasteiger partial charge in [0.1, 0.15) is 17.6 Å². The molecule has 1 aliphatic heterocycles. The Morgan fingerprint density at radius 1 is 1.23 bits per heavy atom. The fourth-order valence-corrected chi connectivity index (χ4v) is 3.41. The van der Waals surface area contributed by atoms with Gasteiger partial charge < -0.3 is 34.9 Å². The number of nitrogens with one attached hydrogen (secondary N) is 2. The van der Waals surface area contributed by atoms with E-state index in [9.17, 15) is 5.11 Å². The molecule has 1 fully saturated rings. The van der Waals surface area contributed by atoms with Crippen LogP contribution in [0.2, 0.25) is 0 Å². The quantitative estimate of drug-likeness (QED) is 0.240. The van der Waals surface area contributed by atoms with Crippen LogP contribution in [0.25, 0.3) is 0 Å². The Morgan fingerprint density at radius 3 is 2.57 bits per heavy atom. The number of nitrogens with zero attached hydrogens (tertiary/aromatic N) is 2. The molecule has 1 unspecified atom stereocenters. The summed E-state index contributed by atoms with van der Waals surface area (Å²) in [6.07, 6.45) is 1.33. The first-order chi connectivity index (χ1) is 14.1. The Kier molecular flexibility index (Phi) is 13.1. The number of hydrogen-bond acceptors (Lipinski definition) is 6. The van der Waals surface area contributed by atoms with Crippen LogP contribution >= 0.6 is 24.0 Å². The molecule has 30 heavy (non-hydrogen) atoms. The lowest BCUT2D eigenvalue weighted by atomic mass is 10.1. The molecule has 9 heteroatoms. The highest BCUT2D eigenvalue weighted by atomic mass is 127. The number of ether oxygens (including phenoxy) is 3. The summed E-state index contributed by atoms with van der Waals surface area (Å²) in [5, 5.41) is 17.5. The zero-order valence-electron chi connectivity index (χ0n) is 18.5. The predicted molar refractivity (Wildman–Crippen MR) is 130 cm³/mol. The molecule has 0 bridgehead atoms. The predicted octanol–water partition coefficient (Wildman–Crippen LogP) is 2.02. The molecule has 3 N–H and O–H groups in total. The van der Waals surface area contributed by atoms with Crippen molar-refractivity contribution in [1.29, 1.82) is 0 Å². The number of benzene rings is 1. The maximum atomic E-state index is 10.7. The number of aliphatic hydroxyl groups is 1. The SMILES string of the molecule is CCNC(=NCC(O)c1cc(OC)ccc1OC)NC1CCN(CCOC)CC1.I. The molecule has 0 amide bonds. The summed E-state index contributed by atoms with van der Waals surface area (Å²) in [7, 11) is 4.93. The molecule has 8 nitrogen and oxygen atoms in total. The third kappa shape index (κ3) is 8.44. The zero-order chi connectivity index (χ0) is 21.1. The van der Waals surface area contributed by atoms with Crippen molar-refractivity contribution in [3.8, 4) is 11.5 Å². The third-order valence-corrected chi connectivity index (χ3v) is 5.10. The van der Waals surface area contributed by atoms with Crippen LogP contribution in [0.1, 0.15) is 31.4 Å². The van der Waals surface area contributed by atoms with Gasteiger partial charge in [-0.3, -0.25) is 4.99 Å². The van der Waals surface area contributed by atoms with E-state index >= 15 is 0 Å². The molecule has 0 saturated carbocycles. The Bertz CT molecular complexity index is 639. The van der Waals surface area contributed by atoms with Gasteiger partial charge in [0.2, 0.25) is 0 Å². The van der Waals surface area contributed by atoms with Gasteiger partial charge in [0, 0.05) is 44.9 Å². The number of piperidine rings is 1. The molecule has 172 valence electrons. The highest BCUT2D eigenvalue weighted by Crippen LogP contribution is 2.29. The molecule has 1 atom stereocenters. The van der Waals surface area contributed by atoms with Crippen LogP contribution in [0.3, 0.4) is 0 Å². The standard InChI is InChI=1S/C21H36N4O4.HI/c1-5-22-21(24-16-8-10-25(11-9-16)12-13-27-2)23-15-19(26)18-14-17(28-3)6-7-20(18)29-4;/h6-7,14,16,19,26H,5,8-13,15H2,1-4H3,(H2,22,23,24);1H. The van der Waals surface area contributed by atoms with Crippen molar-refractivity contribution < 1.29 is 19.3 Å². The number of aliphatic hydroxyl groups excluding tert-OH is 1. The van der Waals surface area contributed by atoms with Gasteiger partial charge in [-0.05, 0) is 38.0 Å². The summed E-state index contributed by atoms with van der Waals surface area (Å²) in [5.74, 6) is 2.02. The highest BCUT2D eigenvalue weighted by molar-refractivity contribution is 14.0. The van der Waals surface area contributed by atoms with Crippen LogP contribution < -0.4 is 20.1 Å². The Balaban J connectivity index is 0.00000450.